The molecule has 0 aliphatic heterocycles. The Labute approximate surface area is 121 Å². The van der Waals surface area contributed by atoms with Gasteiger partial charge in [-0.05, 0) is 32.5 Å². The molecule has 0 aliphatic rings. The summed E-state index contributed by atoms with van der Waals surface area (Å²) in [5.41, 5.74) is 0.497. The lowest BCUT2D eigenvalue weighted by molar-refractivity contribution is 0.287. The van der Waals surface area contributed by atoms with Crippen molar-refractivity contribution in [1.82, 2.24) is 14.5 Å². The number of aromatic nitrogens is 2. The summed E-state index contributed by atoms with van der Waals surface area (Å²) in [4.78, 5) is 31.4. The van der Waals surface area contributed by atoms with Crippen molar-refractivity contribution in [1.29, 1.82) is 0 Å². The summed E-state index contributed by atoms with van der Waals surface area (Å²) in [5, 5.41) is 0.659. The third kappa shape index (κ3) is 2.58. The van der Waals surface area contributed by atoms with E-state index in [1.165, 1.54) is 15.9 Å². The Morgan fingerprint density at radius 2 is 1.85 bits per heavy atom. The lowest BCUT2D eigenvalue weighted by atomic mass is 10.2. The quantitative estimate of drug-likeness (QED) is 0.913. The highest BCUT2D eigenvalue weighted by Crippen LogP contribution is 2.24. The van der Waals surface area contributed by atoms with Crippen LogP contribution in [0.5, 0.6) is 0 Å². The predicted octanol–water partition coefficient (Wildman–Crippen LogP) is 1.71. The molecule has 2 aromatic heterocycles. The van der Waals surface area contributed by atoms with Gasteiger partial charge < -0.3 is 4.90 Å². The maximum absolute atomic E-state index is 12.5. The van der Waals surface area contributed by atoms with Gasteiger partial charge in [-0.1, -0.05) is 13.8 Å². The van der Waals surface area contributed by atoms with E-state index in [0.717, 1.165) is 23.5 Å². The minimum atomic E-state index is -0.309. The van der Waals surface area contributed by atoms with Crippen LogP contribution in [0.15, 0.2) is 9.59 Å². The third-order valence-electron chi connectivity index (χ3n) is 3.84. The van der Waals surface area contributed by atoms with Gasteiger partial charge in [0.25, 0.3) is 5.56 Å². The average molecular weight is 295 g/mol. The molecule has 0 unspecified atom stereocenters. The van der Waals surface area contributed by atoms with Crippen LogP contribution in [0.25, 0.3) is 10.2 Å². The zero-order valence-electron chi connectivity index (χ0n) is 12.4. The van der Waals surface area contributed by atoms with Gasteiger partial charge in [-0.3, -0.25) is 14.3 Å². The number of nitrogens with one attached hydrogen (secondary N) is 1. The lowest BCUT2D eigenvalue weighted by Gasteiger charge is -2.17. The van der Waals surface area contributed by atoms with Crippen LogP contribution in [0.2, 0.25) is 0 Å². The van der Waals surface area contributed by atoms with Crippen LogP contribution in [-0.4, -0.2) is 34.1 Å². The highest BCUT2D eigenvalue weighted by molar-refractivity contribution is 7.18. The van der Waals surface area contributed by atoms with E-state index in [1.54, 1.807) is 0 Å². The number of hydrogen-bond donors (Lipinski definition) is 1. The molecule has 0 spiro atoms. The molecule has 2 heterocycles. The Balaban J connectivity index is 2.46. The molecule has 0 bridgehead atoms. The molecule has 0 saturated carbocycles. The van der Waals surface area contributed by atoms with E-state index >= 15 is 0 Å². The van der Waals surface area contributed by atoms with Crippen molar-refractivity contribution in [2.75, 3.05) is 19.6 Å². The van der Waals surface area contributed by atoms with Crippen molar-refractivity contribution in [3.05, 3.63) is 31.3 Å². The Bertz CT molecular complexity index is 722. The fourth-order valence-corrected chi connectivity index (χ4v) is 3.39. The monoisotopic (exact) mass is 295 g/mol. The number of fused-ring (bicyclic) bond motifs is 1. The molecule has 20 heavy (non-hydrogen) atoms. The highest BCUT2D eigenvalue weighted by Gasteiger charge is 2.14. The molecule has 0 fully saturated rings. The maximum atomic E-state index is 12.5. The van der Waals surface area contributed by atoms with Crippen molar-refractivity contribution in [2.45, 2.75) is 34.2 Å². The van der Waals surface area contributed by atoms with Crippen molar-refractivity contribution in [3.63, 3.8) is 0 Å². The predicted molar refractivity (Wildman–Crippen MR) is 84.0 cm³/mol. The van der Waals surface area contributed by atoms with Crippen molar-refractivity contribution in [3.8, 4) is 0 Å². The molecule has 0 amide bonds. The highest BCUT2D eigenvalue weighted by atomic mass is 32.1. The molecule has 6 heteroatoms. The summed E-state index contributed by atoms with van der Waals surface area (Å²) >= 11 is 1.47. The SMILES string of the molecule is CCN(CC)CCn1c(=O)[nH]c2sc(C)c(C)c2c1=O. The minimum Gasteiger partial charge on any atom is -0.302 e. The van der Waals surface area contributed by atoms with Crippen molar-refractivity contribution < 1.29 is 0 Å². The van der Waals surface area contributed by atoms with E-state index in [-0.39, 0.29) is 11.2 Å². The molecule has 2 aromatic rings. The van der Waals surface area contributed by atoms with E-state index in [2.05, 4.69) is 23.7 Å². The summed E-state index contributed by atoms with van der Waals surface area (Å²) in [6.07, 6.45) is 0. The lowest BCUT2D eigenvalue weighted by Crippen LogP contribution is -2.39. The summed E-state index contributed by atoms with van der Waals surface area (Å²) in [5.74, 6) is 0. The third-order valence-corrected chi connectivity index (χ3v) is 4.97. The van der Waals surface area contributed by atoms with Gasteiger partial charge in [0, 0.05) is 18.0 Å². The van der Waals surface area contributed by atoms with Crippen LogP contribution >= 0.6 is 11.3 Å². The van der Waals surface area contributed by atoms with Crippen LogP contribution in [0, 0.1) is 13.8 Å². The number of nitrogens with zero attached hydrogens (tertiary/aromatic N) is 2. The van der Waals surface area contributed by atoms with Gasteiger partial charge >= 0.3 is 5.69 Å². The maximum Gasteiger partial charge on any atom is 0.329 e. The smallest absolute Gasteiger partial charge is 0.302 e. The number of rotatable bonds is 5. The Kier molecular flexibility index (Phi) is 4.45. The van der Waals surface area contributed by atoms with Gasteiger partial charge in [0.2, 0.25) is 0 Å². The molecule has 0 atom stereocenters. The fourth-order valence-electron chi connectivity index (χ4n) is 2.35. The first kappa shape index (κ1) is 15.0. The van der Waals surface area contributed by atoms with Crippen LogP contribution in [0.1, 0.15) is 24.3 Å². The summed E-state index contributed by atoms with van der Waals surface area (Å²) in [6, 6.07) is 0. The normalized spacial score (nSPS) is 11.7. The first-order valence-electron chi connectivity index (χ1n) is 6.94. The molecular formula is C14H21N3O2S. The number of thiophene rings is 1. The number of likely N-dealkylation sites (N-methyl/N-ethyl adjacent to an activating group) is 1. The van der Waals surface area contributed by atoms with Crippen LogP contribution < -0.4 is 11.2 Å². The van der Waals surface area contributed by atoms with Gasteiger partial charge in [-0.25, -0.2) is 4.79 Å². The molecule has 5 nitrogen and oxygen atoms in total. The Morgan fingerprint density at radius 1 is 1.20 bits per heavy atom. The molecule has 110 valence electrons. The summed E-state index contributed by atoms with van der Waals surface area (Å²) in [6.45, 7) is 11.0. The number of aryl methyl sites for hydroxylation is 2. The molecule has 0 aromatic carbocycles. The number of hydrogen-bond acceptors (Lipinski definition) is 4. The average Bonchev–Trinajstić information content (AvgIpc) is 2.69. The molecule has 0 saturated heterocycles. The van der Waals surface area contributed by atoms with Crippen molar-refractivity contribution >= 4 is 21.6 Å². The van der Waals surface area contributed by atoms with E-state index in [1.807, 2.05) is 13.8 Å². The zero-order chi connectivity index (χ0) is 14.9. The fraction of sp³-hybridized carbons (Fsp3) is 0.571. The minimum absolute atomic E-state index is 0.169. The standard InChI is InChI=1S/C14H21N3O2S/c1-5-16(6-2)7-8-17-13(18)11-9(3)10(4)20-12(11)15-14(17)19/h5-8H2,1-4H3,(H,15,19). The zero-order valence-corrected chi connectivity index (χ0v) is 13.3. The van der Waals surface area contributed by atoms with E-state index in [4.69, 9.17) is 0 Å². The summed E-state index contributed by atoms with van der Waals surface area (Å²) < 4.78 is 1.32. The van der Waals surface area contributed by atoms with Gasteiger partial charge in [0.1, 0.15) is 4.83 Å². The second kappa shape index (κ2) is 5.93. The van der Waals surface area contributed by atoms with Crippen molar-refractivity contribution in [2.24, 2.45) is 0 Å². The first-order valence-corrected chi connectivity index (χ1v) is 7.76. The second-order valence-corrected chi connectivity index (χ2v) is 6.13. The molecule has 0 aliphatic carbocycles. The first-order chi connectivity index (χ1) is 9.49. The molecule has 1 N–H and O–H groups in total. The van der Waals surface area contributed by atoms with Crippen LogP contribution in [-0.2, 0) is 6.54 Å². The van der Waals surface area contributed by atoms with Gasteiger partial charge in [0.05, 0.1) is 5.39 Å². The van der Waals surface area contributed by atoms with E-state index in [9.17, 15) is 9.59 Å². The largest absolute Gasteiger partial charge is 0.329 e. The van der Waals surface area contributed by atoms with E-state index in [0.29, 0.717) is 23.3 Å². The van der Waals surface area contributed by atoms with Gasteiger partial charge in [-0.15, -0.1) is 11.3 Å². The Hall–Kier alpha value is -1.40. The molecule has 0 radical (unpaired) electrons. The van der Waals surface area contributed by atoms with Gasteiger partial charge in [-0.2, -0.15) is 0 Å². The van der Waals surface area contributed by atoms with Crippen LogP contribution in [0.3, 0.4) is 0 Å². The number of aromatic amines is 1. The van der Waals surface area contributed by atoms with E-state index < -0.39 is 0 Å². The van der Waals surface area contributed by atoms with Gasteiger partial charge in [0.15, 0.2) is 0 Å². The van der Waals surface area contributed by atoms with Crippen LogP contribution in [0.4, 0.5) is 0 Å². The Morgan fingerprint density at radius 3 is 2.45 bits per heavy atom. The topological polar surface area (TPSA) is 58.1 Å². The number of H-pyrrole nitrogens is 1. The molecule has 2 rings (SSSR count). The second-order valence-electron chi connectivity index (χ2n) is 4.90. The molecular weight excluding hydrogens is 274 g/mol. The summed E-state index contributed by atoms with van der Waals surface area (Å²) in [7, 11) is 0.